The quantitative estimate of drug-likeness (QED) is 0.797. The van der Waals surface area contributed by atoms with Crippen molar-refractivity contribution in [2.24, 2.45) is 0 Å². The van der Waals surface area contributed by atoms with Crippen molar-refractivity contribution in [2.75, 3.05) is 13.2 Å². The highest BCUT2D eigenvalue weighted by molar-refractivity contribution is 5.87. The Kier molecular flexibility index (Phi) is 6.34. The van der Waals surface area contributed by atoms with Crippen molar-refractivity contribution >= 4 is 11.9 Å². The second kappa shape index (κ2) is 8.26. The Bertz CT molecular complexity index is 595. The fourth-order valence-electron chi connectivity index (χ4n) is 2.72. The van der Waals surface area contributed by atoms with E-state index in [9.17, 15) is 14.7 Å². The smallest absolute Gasteiger partial charge is 0.330 e. The maximum absolute atomic E-state index is 12.3. The summed E-state index contributed by atoms with van der Waals surface area (Å²) < 4.78 is 11.0. The number of rotatable bonds is 7. The van der Waals surface area contributed by atoms with Crippen LogP contribution in [0.1, 0.15) is 42.5 Å². The molecule has 3 atom stereocenters. The van der Waals surface area contributed by atoms with Gasteiger partial charge in [-0.1, -0.05) is 18.2 Å². The molecule has 1 aliphatic heterocycles. The van der Waals surface area contributed by atoms with Gasteiger partial charge in [0.25, 0.3) is 0 Å². The van der Waals surface area contributed by atoms with Gasteiger partial charge in [0.15, 0.2) is 6.04 Å². The minimum atomic E-state index is -1.09. The van der Waals surface area contributed by atoms with E-state index in [1.54, 1.807) is 19.1 Å². The molecule has 2 N–H and O–H groups in total. The number of aliphatic carboxylic acids is 1. The Labute approximate surface area is 142 Å². The second-order valence-electron chi connectivity index (χ2n) is 6.18. The molecular weight excluding hydrogens is 310 g/mol. The lowest BCUT2D eigenvalue weighted by Crippen LogP contribution is -2.41. The Morgan fingerprint density at radius 3 is 2.79 bits per heavy atom. The number of hydrogen-bond donors (Lipinski definition) is 2. The number of carbonyl (C=O) groups excluding carboxylic acids is 1. The molecule has 1 aromatic carbocycles. The van der Waals surface area contributed by atoms with Crippen LogP contribution in [-0.4, -0.2) is 42.4 Å². The van der Waals surface area contributed by atoms with Crippen molar-refractivity contribution in [3.8, 4) is 0 Å². The van der Waals surface area contributed by atoms with E-state index in [1.807, 2.05) is 19.9 Å². The van der Waals surface area contributed by atoms with Crippen molar-refractivity contribution in [1.29, 1.82) is 0 Å². The van der Waals surface area contributed by atoms with Gasteiger partial charge in [-0.15, -0.1) is 0 Å². The van der Waals surface area contributed by atoms with Crippen LogP contribution in [0.2, 0.25) is 0 Å². The first kappa shape index (κ1) is 18.4. The van der Waals surface area contributed by atoms with Crippen molar-refractivity contribution in [3.05, 3.63) is 34.9 Å². The highest BCUT2D eigenvalue weighted by Gasteiger charge is 2.27. The zero-order valence-corrected chi connectivity index (χ0v) is 14.4. The number of ether oxygens (including phenoxy) is 2. The van der Waals surface area contributed by atoms with Gasteiger partial charge in [-0.05, 0) is 50.3 Å². The summed E-state index contributed by atoms with van der Waals surface area (Å²) in [6.07, 6.45) is 1.22. The molecule has 1 saturated heterocycles. The first-order chi connectivity index (χ1) is 11.4. The number of amides is 1. The molecule has 6 heteroatoms. The van der Waals surface area contributed by atoms with Crippen LogP contribution in [0.3, 0.4) is 0 Å². The maximum atomic E-state index is 12.3. The molecule has 1 heterocycles. The summed E-state index contributed by atoms with van der Waals surface area (Å²) in [6, 6.07) is 4.33. The molecular formula is C18H25NO5. The lowest BCUT2D eigenvalue weighted by molar-refractivity contribution is -0.145. The summed E-state index contributed by atoms with van der Waals surface area (Å²) in [7, 11) is 0. The number of hydrogen-bond acceptors (Lipinski definition) is 4. The highest BCUT2D eigenvalue weighted by atomic mass is 16.5. The van der Waals surface area contributed by atoms with E-state index in [1.165, 1.54) is 0 Å². The third-order valence-electron chi connectivity index (χ3n) is 4.42. The summed E-state index contributed by atoms with van der Waals surface area (Å²) in [5.74, 6) is -1.54. The molecule has 0 spiro atoms. The van der Waals surface area contributed by atoms with Crippen molar-refractivity contribution < 1.29 is 24.2 Å². The molecule has 0 aromatic heterocycles. The van der Waals surface area contributed by atoms with Gasteiger partial charge in [-0.25, -0.2) is 4.79 Å². The fraction of sp³-hybridized carbons (Fsp3) is 0.556. The maximum Gasteiger partial charge on any atom is 0.330 e. The zero-order chi connectivity index (χ0) is 17.7. The molecule has 0 saturated carbocycles. The minimum Gasteiger partial charge on any atom is -0.479 e. The number of benzene rings is 1. The van der Waals surface area contributed by atoms with Crippen LogP contribution in [0.15, 0.2) is 18.2 Å². The summed E-state index contributed by atoms with van der Waals surface area (Å²) in [5.41, 5.74) is 2.43. The Hall–Kier alpha value is -1.92. The number of carboxylic acids is 1. The van der Waals surface area contributed by atoms with Crippen molar-refractivity contribution in [2.45, 2.75) is 51.9 Å². The molecule has 0 radical (unpaired) electrons. The van der Waals surface area contributed by atoms with Crippen LogP contribution in [0.25, 0.3) is 0 Å². The number of aryl methyl sites for hydroxylation is 1. The Morgan fingerprint density at radius 1 is 1.42 bits per heavy atom. The van der Waals surface area contributed by atoms with Gasteiger partial charge in [0.2, 0.25) is 5.91 Å². The van der Waals surface area contributed by atoms with E-state index >= 15 is 0 Å². The second-order valence-corrected chi connectivity index (χ2v) is 6.18. The molecule has 0 aliphatic carbocycles. The van der Waals surface area contributed by atoms with E-state index in [2.05, 4.69) is 5.32 Å². The van der Waals surface area contributed by atoms with Crippen LogP contribution < -0.4 is 5.32 Å². The highest BCUT2D eigenvalue weighted by Crippen LogP contribution is 2.21. The van der Waals surface area contributed by atoms with E-state index in [0.29, 0.717) is 12.2 Å². The minimum absolute atomic E-state index is 0.0227. The summed E-state index contributed by atoms with van der Waals surface area (Å²) >= 11 is 0. The summed E-state index contributed by atoms with van der Waals surface area (Å²) in [5, 5.41) is 12.1. The molecule has 0 bridgehead atoms. The molecule has 1 aliphatic rings. The molecule has 6 nitrogen and oxygen atoms in total. The molecule has 1 fully saturated rings. The van der Waals surface area contributed by atoms with Gasteiger partial charge >= 0.3 is 5.97 Å². The number of carbonyl (C=O) groups is 2. The fourth-order valence-corrected chi connectivity index (χ4v) is 2.72. The van der Waals surface area contributed by atoms with Crippen LogP contribution >= 0.6 is 0 Å². The molecule has 3 unspecified atom stereocenters. The first-order valence-corrected chi connectivity index (χ1v) is 8.22. The average Bonchev–Trinajstić information content (AvgIpc) is 3.06. The monoisotopic (exact) mass is 335 g/mol. The molecule has 1 amide bonds. The Morgan fingerprint density at radius 2 is 2.17 bits per heavy atom. The van der Waals surface area contributed by atoms with Gasteiger partial charge in [0.05, 0.1) is 12.7 Å². The van der Waals surface area contributed by atoms with Gasteiger partial charge in [0.1, 0.15) is 6.10 Å². The van der Waals surface area contributed by atoms with Crippen LogP contribution in [0.4, 0.5) is 0 Å². The van der Waals surface area contributed by atoms with Gasteiger partial charge in [0, 0.05) is 6.61 Å². The lowest BCUT2D eigenvalue weighted by atomic mass is 9.97. The predicted molar refractivity (Wildman–Crippen MR) is 88.8 cm³/mol. The van der Waals surface area contributed by atoms with Crippen LogP contribution in [0, 0.1) is 13.8 Å². The lowest BCUT2D eigenvalue weighted by Gasteiger charge is -2.21. The third kappa shape index (κ3) is 4.55. The van der Waals surface area contributed by atoms with Gasteiger partial charge in [-0.2, -0.15) is 0 Å². The SMILES string of the molecule is Cc1cccc(C(NC(=O)C(C)OCC2CCCO2)C(=O)O)c1C. The van der Waals surface area contributed by atoms with Crippen molar-refractivity contribution in [1.82, 2.24) is 5.32 Å². The third-order valence-corrected chi connectivity index (χ3v) is 4.42. The van der Waals surface area contributed by atoms with Crippen LogP contribution in [0.5, 0.6) is 0 Å². The Balaban J connectivity index is 2.00. The average molecular weight is 335 g/mol. The molecule has 132 valence electrons. The number of nitrogens with one attached hydrogen (secondary N) is 1. The van der Waals surface area contributed by atoms with E-state index in [4.69, 9.17) is 9.47 Å². The zero-order valence-electron chi connectivity index (χ0n) is 14.4. The topological polar surface area (TPSA) is 84.9 Å². The normalized spacial score (nSPS) is 19.7. The summed E-state index contributed by atoms with van der Waals surface area (Å²) in [4.78, 5) is 23.9. The predicted octanol–water partition coefficient (Wildman–Crippen LogP) is 2.13. The molecule has 1 aromatic rings. The first-order valence-electron chi connectivity index (χ1n) is 8.22. The molecule has 24 heavy (non-hydrogen) atoms. The standard InChI is InChI=1S/C18H25NO5/c1-11-6-4-8-15(12(11)2)16(18(21)22)19-17(20)13(3)24-10-14-7-5-9-23-14/h4,6,8,13-14,16H,5,7,9-10H2,1-3H3,(H,19,20)(H,21,22). The van der Waals surface area contributed by atoms with Gasteiger partial charge in [-0.3, -0.25) is 4.79 Å². The van der Waals surface area contributed by atoms with Gasteiger partial charge < -0.3 is 19.9 Å². The van der Waals surface area contributed by atoms with E-state index < -0.39 is 24.0 Å². The van der Waals surface area contributed by atoms with E-state index in [-0.39, 0.29) is 6.10 Å². The number of carboxylic acid groups (broad SMARTS) is 1. The van der Waals surface area contributed by atoms with E-state index in [0.717, 1.165) is 30.6 Å². The summed E-state index contributed by atoms with van der Waals surface area (Å²) in [6.45, 7) is 6.45. The largest absolute Gasteiger partial charge is 0.479 e. The van der Waals surface area contributed by atoms with Crippen LogP contribution in [-0.2, 0) is 19.1 Å². The van der Waals surface area contributed by atoms with Crippen molar-refractivity contribution in [3.63, 3.8) is 0 Å². The molecule has 2 rings (SSSR count).